The van der Waals surface area contributed by atoms with Crippen LogP contribution in [0.2, 0.25) is 0 Å². The molecular weight excluding hydrogens is 336 g/mol. The number of hydrogen-bond acceptors (Lipinski definition) is 4. The lowest BCUT2D eigenvalue weighted by Gasteiger charge is -2.22. The Bertz CT molecular complexity index is 1100. The molecule has 3 N–H and O–H groups in total. The lowest BCUT2D eigenvalue weighted by atomic mass is 9.82. The molecule has 4 nitrogen and oxygen atoms in total. The number of anilines is 2. The highest BCUT2D eigenvalue weighted by atomic mass is 16.1. The monoisotopic (exact) mass is 354 g/mol. The molecule has 3 aromatic rings. The molecule has 0 radical (unpaired) electrons. The second-order valence-corrected chi connectivity index (χ2v) is 6.41. The Kier molecular flexibility index (Phi) is 4.09. The van der Waals surface area contributed by atoms with E-state index in [1.165, 1.54) is 0 Å². The van der Waals surface area contributed by atoms with Crippen molar-refractivity contribution in [3.63, 3.8) is 0 Å². The molecule has 132 valence electrons. The van der Waals surface area contributed by atoms with E-state index in [4.69, 9.17) is 5.73 Å². The predicted octanol–water partition coefficient (Wildman–Crippen LogP) is 4.30. The number of nitrogens with one attached hydrogen (secondary N) is 1. The zero-order valence-corrected chi connectivity index (χ0v) is 14.7. The molecule has 0 unspecified atom stereocenters. The van der Waals surface area contributed by atoms with Crippen LogP contribution >= 0.6 is 0 Å². The third-order valence-electron chi connectivity index (χ3n) is 4.85. The van der Waals surface area contributed by atoms with Crippen LogP contribution in [0.4, 0.5) is 11.4 Å². The van der Waals surface area contributed by atoms with E-state index in [2.05, 4.69) is 11.9 Å². The van der Waals surface area contributed by atoms with Gasteiger partial charge in [0.25, 0.3) is 0 Å². The van der Waals surface area contributed by atoms with Crippen molar-refractivity contribution in [2.24, 2.45) is 0 Å². The summed E-state index contributed by atoms with van der Waals surface area (Å²) in [6.07, 6.45) is 1.79. The van der Waals surface area contributed by atoms with Gasteiger partial charge in [0.2, 0.25) is 0 Å². The van der Waals surface area contributed by atoms with Gasteiger partial charge < -0.3 is 11.1 Å². The third kappa shape index (κ3) is 2.72. The standard InChI is InChI=1S/C23H18N2O2/c1-2-14-7-3-4-8-15(14)13-25-19-12-11-18(24)20-21(19)23(27)17-10-6-5-9-16(17)22(20)26/h2-12,25H,1,13,24H2. The number of carbonyl (C=O) groups excluding carboxylic acids is 2. The highest BCUT2D eigenvalue weighted by Gasteiger charge is 2.33. The van der Waals surface area contributed by atoms with E-state index in [0.717, 1.165) is 11.1 Å². The highest BCUT2D eigenvalue weighted by Crippen LogP contribution is 2.35. The smallest absolute Gasteiger partial charge is 0.196 e. The number of carbonyl (C=O) groups is 2. The van der Waals surface area contributed by atoms with Crippen molar-refractivity contribution >= 4 is 29.0 Å². The molecule has 0 aliphatic heterocycles. The number of nitrogens with two attached hydrogens (primary N) is 1. The first-order valence-corrected chi connectivity index (χ1v) is 8.67. The predicted molar refractivity (Wildman–Crippen MR) is 108 cm³/mol. The molecule has 3 aromatic carbocycles. The van der Waals surface area contributed by atoms with Crippen molar-refractivity contribution in [3.8, 4) is 0 Å². The first-order valence-electron chi connectivity index (χ1n) is 8.67. The molecule has 0 saturated heterocycles. The van der Waals surface area contributed by atoms with Gasteiger partial charge in [0, 0.05) is 29.0 Å². The van der Waals surface area contributed by atoms with Crippen molar-refractivity contribution in [2.45, 2.75) is 6.54 Å². The van der Waals surface area contributed by atoms with Gasteiger partial charge in [-0.3, -0.25) is 9.59 Å². The summed E-state index contributed by atoms with van der Waals surface area (Å²) in [7, 11) is 0. The Balaban J connectivity index is 1.77. The fourth-order valence-electron chi connectivity index (χ4n) is 3.48. The van der Waals surface area contributed by atoms with E-state index in [-0.39, 0.29) is 17.1 Å². The van der Waals surface area contributed by atoms with Crippen LogP contribution in [0.3, 0.4) is 0 Å². The first kappa shape index (κ1) is 16.8. The largest absolute Gasteiger partial charge is 0.398 e. The molecule has 0 bridgehead atoms. The Morgan fingerprint density at radius 3 is 2.19 bits per heavy atom. The summed E-state index contributed by atoms with van der Waals surface area (Å²) in [5.41, 5.74) is 10.5. The zero-order valence-electron chi connectivity index (χ0n) is 14.7. The molecule has 0 amide bonds. The van der Waals surface area contributed by atoms with E-state index in [9.17, 15) is 9.59 Å². The molecule has 0 atom stereocenters. The second-order valence-electron chi connectivity index (χ2n) is 6.41. The summed E-state index contributed by atoms with van der Waals surface area (Å²) in [5, 5.41) is 3.30. The van der Waals surface area contributed by atoms with Crippen molar-refractivity contribution in [3.05, 3.63) is 101 Å². The van der Waals surface area contributed by atoms with Gasteiger partial charge in [-0.1, -0.05) is 61.2 Å². The van der Waals surface area contributed by atoms with Gasteiger partial charge in [-0.25, -0.2) is 0 Å². The second kappa shape index (κ2) is 6.57. The summed E-state index contributed by atoms with van der Waals surface area (Å²) in [5.74, 6) is -0.403. The summed E-state index contributed by atoms with van der Waals surface area (Å²) in [4.78, 5) is 26.0. The van der Waals surface area contributed by atoms with Gasteiger partial charge in [-0.15, -0.1) is 0 Å². The van der Waals surface area contributed by atoms with Crippen LogP contribution in [0.5, 0.6) is 0 Å². The van der Waals surface area contributed by atoms with Crippen LogP contribution in [0.1, 0.15) is 43.0 Å². The maximum absolute atomic E-state index is 13.1. The van der Waals surface area contributed by atoms with Crippen LogP contribution in [0.25, 0.3) is 6.08 Å². The van der Waals surface area contributed by atoms with Gasteiger partial charge in [0.05, 0.1) is 11.1 Å². The van der Waals surface area contributed by atoms with E-state index < -0.39 is 0 Å². The lowest BCUT2D eigenvalue weighted by molar-refractivity contribution is 0.0980. The number of hydrogen-bond donors (Lipinski definition) is 2. The number of rotatable bonds is 4. The number of ketones is 2. The van der Waals surface area contributed by atoms with Gasteiger partial charge in [0.15, 0.2) is 11.6 Å². The van der Waals surface area contributed by atoms with Gasteiger partial charge in [0.1, 0.15) is 0 Å². The Hall–Kier alpha value is -3.66. The fourth-order valence-corrected chi connectivity index (χ4v) is 3.48. The summed E-state index contributed by atoms with van der Waals surface area (Å²) < 4.78 is 0. The minimum atomic E-state index is -0.215. The summed E-state index contributed by atoms with van der Waals surface area (Å²) in [6, 6.07) is 18.1. The van der Waals surface area contributed by atoms with E-state index in [1.54, 1.807) is 42.5 Å². The SMILES string of the molecule is C=Cc1ccccc1CNc1ccc(N)c2c1C(=O)c1ccccc1C2=O. The Morgan fingerprint density at radius 2 is 1.48 bits per heavy atom. The van der Waals surface area contributed by atoms with Crippen molar-refractivity contribution in [1.29, 1.82) is 0 Å². The number of benzene rings is 3. The van der Waals surface area contributed by atoms with Crippen LogP contribution in [-0.4, -0.2) is 11.6 Å². The molecule has 0 saturated carbocycles. The van der Waals surface area contributed by atoms with Crippen LogP contribution < -0.4 is 11.1 Å². The quantitative estimate of drug-likeness (QED) is 0.536. The Labute approximate surface area is 157 Å². The first-order chi connectivity index (χ1) is 13.1. The average molecular weight is 354 g/mol. The number of fused-ring (bicyclic) bond motifs is 2. The molecule has 0 spiro atoms. The molecule has 4 rings (SSSR count). The van der Waals surface area contributed by atoms with Crippen molar-refractivity contribution in [1.82, 2.24) is 0 Å². The third-order valence-corrected chi connectivity index (χ3v) is 4.85. The molecule has 1 aliphatic carbocycles. The van der Waals surface area contributed by atoms with Crippen LogP contribution in [0, 0.1) is 0 Å². The maximum atomic E-state index is 13.1. The van der Waals surface area contributed by atoms with E-state index in [0.29, 0.717) is 34.6 Å². The van der Waals surface area contributed by atoms with Crippen molar-refractivity contribution < 1.29 is 9.59 Å². The van der Waals surface area contributed by atoms with Gasteiger partial charge in [-0.2, -0.15) is 0 Å². The minimum absolute atomic E-state index is 0.188. The van der Waals surface area contributed by atoms with Crippen LogP contribution in [-0.2, 0) is 6.54 Å². The molecule has 0 heterocycles. The van der Waals surface area contributed by atoms with E-state index in [1.807, 2.05) is 24.3 Å². The average Bonchev–Trinajstić information content (AvgIpc) is 2.71. The van der Waals surface area contributed by atoms with Crippen LogP contribution in [0.15, 0.2) is 67.2 Å². The molecule has 1 aliphatic rings. The Morgan fingerprint density at radius 1 is 0.852 bits per heavy atom. The van der Waals surface area contributed by atoms with Gasteiger partial charge in [-0.05, 0) is 23.3 Å². The van der Waals surface area contributed by atoms with E-state index >= 15 is 0 Å². The zero-order chi connectivity index (χ0) is 19.0. The lowest BCUT2D eigenvalue weighted by Crippen LogP contribution is -2.24. The molecular formula is C23H18N2O2. The number of nitrogen functional groups attached to an aromatic ring is 1. The molecule has 0 aromatic heterocycles. The molecule has 27 heavy (non-hydrogen) atoms. The normalized spacial score (nSPS) is 12.3. The minimum Gasteiger partial charge on any atom is -0.398 e. The fraction of sp³-hybridized carbons (Fsp3) is 0.0435. The molecule has 4 heteroatoms. The summed E-state index contributed by atoms with van der Waals surface area (Å²) >= 11 is 0. The van der Waals surface area contributed by atoms with Crippen molar-refractivity contribution in [2.75, 3.05) is 11.1 Å². The molecule has 0 fully saturated rings. The topological polar surface area (TPSA) is 72.2 Å². The highest BCUT2D eigenvalue weighted by molar-refractivity contribution is 6.31. The van der Waals surface area contributed by atoms with Gasteiger partial charge >= 0.3 is 0 Å². The summed E-state index contributed by atoms with van der Waals surface area (Å²) in [6.45, 7) is 4.33. The maximum Gasteiger partial charge on any atom is 0.196 e.